The van der Waals surface area contributed by atoms with E-state index in [0.29, 0.717) is 6.61 Å². The van der Waals surface area contributed by atoms with Crippen molar-refractivity contribution < 1.29 is 4.74 Å². The maximum atomic E-state index is 4.93. The van der Waals surface area contributed by atoms with Crippen LogP contribution in [0.4, 0.5) is 5.82 Å². The Bertz CT molecular complexity index is 290. The highest BCUT2D eigenvalue weighted by molar-refractivity contribution is 5.31. The van der Waals surface area contributed by atoms with E-state index in [0.717, 1.165) is 18.1 Å². The molecular formula is C11H19N3O. The van der Waals surface area contributed by atoms with E-state index in [-0.39, 0.29) is 5.41 Å². The molecule has 0 aliphatic rings. The van der Waals surface area contributed by atoms with Gasteiger partial charge in [-0.25, -0.2) is 4.98 Å². The number of methoxy groups -OCH3 is 1. The van der Waals surface area contributed by atoms with Gasteiger partial charge < -0.3 is 10.1 Å². The summed E-state index contributed by atoms with van der Waals surface area (Å²) >= 11 is 0. The Morgan fingerprint density at radius 1 is 1.27 bits per heavy atom. The molecule has 0 bridgehead atoms. The molecule has 4 nitrogen and oxygen atoms in total. The molecule has 0 aliphatic heterocycles. The Kier molecular flexibility index (Phi) is 4.03. The third kappa shape index (κ3) is 3.83. The van der Waals surface area contributed by atoms with Crippen LogP contribution in [0.3, 0.4) is 0 Å². The molecule has 0 unspecified atom stereocenters. The molecule has 1 rings (SSSR count). The second kappa shape index (κ2) is 5.07. The van der Waals surface area contributed by atoms with Crippen molar-refractivity contribution in [3.8, 4) is 0 Å². The smallest absolute Gasteiger partial charge is 0.144 e. The molecule has 0 atom stereocenters. The number of rotatable bonds is 4. The zero-order valence-corrected chi connectivity index (χ0v) is 9.87. The second-order valence-electron chi connectivity index (χ2n) is 4.46. The molecule has 0 saturated heterocycles. The van der Waals surface area contributed by atoms with Crippen LogP contribution in [0, 0.1) is 0 Å². The zero-order valence-electron chi connectivity index (χ0n) is 9.87. The van der Waals surface area contributed by atoms with Gasteiger partial charge in [-0.1, -0.05) is 20.8 Å². The molecular weight excluding hydrogens is 190 g/mol. The van der Waals surface area contributed by atoms with Crippen LogP contribution in [0.25, 0.3) is 0 Å². The van der Waals surface area contributed by atoms with Crippen LogP contribution in [0.1, 0.15) is 26.5 Å². The van der Waals surface area contributed by atoms with E-state index < -0.39 is 0 Å². The van der Waals surface area contributed by atoms with Gasteiger partial charge in [0.1, 0.15) is 5.82 Å². The maximum absolute atomic E-state index is 4.93. The Morgan fingerprint density at radius 3 is 2.47 bits per heavy atom. The largest absolute Gasteiger partial charge is 0.383 e. The molecule has 0 fully saturated rings. The number of anilines is 1. The van der Waals surface area contributed by atoms with Crippen LogP contribution in [0.2, 0.25) is 0 Å². The monoisotopic (exact) mass is 209 g/mol. The lowest BCUT2D eigenvalue weighted by Gasteiger charge is -2.17. The van der Waals surface area contributed by atoms with Crippen molar-refractivity contribution in [1.29, 1.82) is 0 Å². The van der Waals surface area contributed by atoms with E-state index >= 15 is 0 Å². The van der Waals surface area contributed by atoms with Crippen LogP contribution >= 0.6 is 0 Å². The number of aromatic nitrogens is 2. The summed E-state index contributed by atoms with van der Waals surface area (Å²) in [6.45, 7) is 7.78. The average Bonchev–Trinajstić information content (AvgIpc) is 2.18. The van der Waals surface area contributed by atoms with Gasteiger partial charge in [-0.2, -0.15) is 0 Å². The van der Waals surface area contributed by atoms with Crippen LogP contribution in [-0.4, -0.2) is 30.2 Å². The van der Waals surface area contributed by atoms with Crippen LogP contribution in [0.15, 0.2) is 12.4 Å². The highest BCUT2D eigenvalue weighted by Crippen LogP contribution is 2.19. The standard InChI is InChI=1S/C11H19N3O/c1-11(2,3)9-7-14-10(8-13-9)12-5-6-15-4/h7-8H,5-6H2,1-4H3,(H,12,14). The van der Waals surface area contributed by atoms with Crippen molar-refractivity contribution in [2.24, 2.45) is 0 Å². The Balaban J connectivity index is 2.57. The lowest BCUT2D eigenvalue weighted by atomic mass is 9.93. The minimum Gasteiger partial charge on any atom is -0.383 e. The SMILES string of the molecule is COCCNc1cnc(C(C)(C)C)cn1. The fraction of sp³-hybridized carbons (Fsp3) is 0.636. The summed E-state index contributed by atoms with van der Waals surface area (Å²) in [6.07, 6.45) is 3.57. The molecule has 0 radical (unpaired) electrons. The fourth-order valence-corrected chi connectivity index (χ4v) is 1.09. The van der Waals surface area contributed by atoms with Crippen molar-refractivity contribution in [3.05, 3.63) is 18.1 Å². The number of nitrogens with zero attached hydrogens (tertiary/aromatic N) is 2. The van der Waals surface area contributed by atoms with E-state index in [4.69, 9.17) is 4.74 Å². The molecule has 1 N–H and O–H groups in total. The van der Waals surface area contributed by atoms with E-state index in [1.165, 1.54) is 0 Å². The van der Waals surface area contributed by atoms with Gasteiger partial charge in [0.2, 0.25) is 0 Å². The minimum absolute atomic E-state index is 0.0536. The van der Waals surface area contributed by atoms with Crippen molar-refractivity contribution in [2.75, 3.05) is 25.6 Å². The van der Waals surface area contributed by atoms with Gasteiger partial charge in [-0.15, -0.1) is 0 Å². The molecule has 0 aromatic carbocycles. The number of nitrogens with one attached hydrogen (secondary N) is 1. The fourth-order valence-electron chi connectivity index (χ4n) is 1.09. The Hall–Kier alpha value is -1.16. The summed E-state index contributed by atoms with van der Waals surface area (Å²) in [5.41, 5.74) is 1.05. The first-order valence-corrected chi connectivity index (χ1v) is 5.09. The minimum atomic E-state index is 0.0536. The summed E-state index contributed by atoms with van der Waals surface area (Å²) in [6, 6.07) is 0. The van der Waals surface area contributed by atoms with E-state index in [2.05, 4.69) is 36.1 Å². The van der Waals surface area contributed by atoms with Crippen molar-refractivity contribution >= 4 is 5.82 Å². The van der Waals surface area contributed by atoms with E-state index in [1.807, 2.05) is 6.20 Å². The normalized spacial score (nSPS) is 11.5. The molecule has 0 saturated carbocycles. The molecule has 1 aromatic heterocycles. The molecule has 84 valence electrons. The molecule has 4 heteroatoms. The summed E-state index contributed by atoms with van der Waals surface area (Å²) in [7, 11) is 1.68. The lowest BCUT2D eigenvalue weighted by molar-refractivity contribution is 0.210. The van der Waals surface area contributed by atoms with Crippen molar-refractivity contribution in [2.45, 2.75) is 26.2 Å². The van der Waals surface area contributed by atoms with Gasteiger partial charge in [0.05, 0.1) is 24.7 Å². The molecule has 15 heavy (non-hydrogen) atoms. The predicted molar refractivity (Wildman–Crippen MR) is 61.1 cm³/mol. The van der Waals surface area contributed by atoms with Gasteiger partial charge >= 0.3 is 0 Å². The highest BCUT2D eigenvalue weighted by Gasteiger charge is 2.15. The van der Waals surface area contributed by atoms with E-state index in [1.54, 1.807) is 13.3 Å². The average molecular weight is 209 g/mol. The van der Waals surface area contributed by atoms with Gasteiger partial charge in [-0.05, 0) is 0 Å². The predicted octanol–water partition coefficient (Wildman–Crippen LogP) is 1.83. The quantitative estimate of drug-likeness (QED) is 0.768. The number of ether oxygens (including phenoxy) is 1. The zero-order chi connectivity index (χ0) is 11.3. The molecule has 0 amide bonds. The third-order valence-electron chi connectivity index (χ3n) is 2.03. The molecule has 0 aliphatic carbocycles. The summed E-state index contributed by atoms with van der Waals surface area (Å²) in [4.78, 5) is 8.65. The first-order chi connectivity index (χ1) is 7.04. The van der Waals surface area contributed by atoms with Gasteiger partial charge in [0, 0.05) is 19.1 Å². The van der Waals surface area contributed by atoms with Crippen LogP contribution < -0.4 is 5.32 Å². The summed E-state index contributed by atoms with van der Waals surface area (Å²) in [5.74, 6) is 0.792. The van der Waals surface area contributed by atoms with Gasteiger partial charge in [-0.3, -0.25) is 4.98 Å². The Labute approximate surface area is 91.1 Å². The Morgan fingerprint density at radius 2 is 2.00 bits per heavy atom. The molecule has 1 heterocycles. The van der Waals surface area contributed by atoms with Crippen LogP contribution in [0.5, 0.6) is 0 Å². The summed E-state index contributed by atoms with van der Waals surface area (Å²) < 4.78 is 4.93. The highest BCUT2D eigenvalue weighted by atomic mass is 16.5. The van der Waals surface area contributed by atoms with Crippen molar-refractivity contribution in [3.63, 3.8) is 0 Å². The van der Waals surface area contributed by atoms with Gasteiger partial charge in [0.25, 0.3) is 0 Å². The van der Waals surface area contributed by atoms with Crippen molar-refractivity contribution in [1.82, 2.24) is 9.97 Å². The molecule has 0 spiro atoms. The van der Waals surface area contributed by atoms with Crippen LogP contribution in [-0.2, 0) is 10.2 Å². The number of hydrogen-bond donors (Lipinski definition) is 1. The molecule has 1 aromatic rings. The first kappa shape index (κ1) is 11.9. The maximum Gasteiger partial charge on any atom is 0.144 e. The van der Waals surface area contributed by atoms with Gasteiger partial charge in [0.15, 0.2) is 0 Å². The topological polar surface area (TPSA) is 47.0 Å². The summed E-state index contributed by atoms with van der Waals surface area (Å²) in [5, 5.41) is 3.13. The van der Waals surface area contributed by atoms with E-state index in [9.17, 15) is 0 Å². The first-order valence-electron chi connectivity index (χ1n) is 5.09. The third-order valence-corrected chi connectivity index (χ3v) is 2.03. The second-order valence-corrected chi connectivity index (χ2v) is 4.46. The number of hydrogen-bond acceptors (Lipinski definition) is 4. The lowest BCUT2D eigenvalue weighted by Crippen LogP contribution is -2.15.